The van der Waals surface area contributed by atoms with Gasteiger partial charge in [0.2, 0.25) is 0 Å². The summed E-state index contributed by atoms with van der Waals surface area (Å²) >= 11 is 3.46. The molecule has 0 spiro atoms. The average molecular weight is 347 g/mol. The highest BCUT2D eigenvalue weighted by Gasteiger charge is 2.34. The summed E-state index contributed by atoms with van der Waals surface area (Å²) in [5.74, 6) is 0.205. The first-order valence-electron chi connectivity index (χ1n) is 6.36. The van der Waals surface area contributed by atoms with Crippen LogP contribution in [0.25, 0.3) is 0 Å². The van der Waals surface area contributed by atoms with Crippen molar-refractivity contribution >= 4 is 31.5 Å². The van der Waals surface area contributed by atoms with Gasteiger partial charge in [-0.2, -0.15) is 0 Å². The monoisotopic (exact) mass is 346 g/mol. The van der Waals surface area contributed by atoms with Crippen LogP contribution >= 0.6 is 15.9 Å². The van der Waals surface area contributed by atoms with E-state index in [2.05, 4.69) is 26.1 Å². The van der Waals surface area contributed by atoms with E-state index >= 15 is 0 Å². The molecule has 0 fully saturated rings. The second kappa shape index (κ2) is 5.81. The van der Waals surface area contributed by atoms with E-state index in [4.69, 9.17) is 0 Å². The minimum Gasteiger partial charge on any atom is -0.369 e. The minimum atomic E-state index is -3.18. The number of halogens is 1. The molecule has 1 atom stereocenters. The Morgan fingerprint density at radius 2 is 2.21 bits per heavy atom. The van der Waals surface area contributed by atoms with Crippen LogP contribution < -0.4 is 10.2 Å². The second-order valence-electron chi connectivity index (χ2n) is 4.88. The molecular formula is C13H19BrN2O2S. The van der Waals surface area contributed by atoms with Gasteiger partial charge in [-0.05, 0) is 54.5 Å². The summed E-state index contributed by atoms with van der Waals surface area (Å²) in [6.45, 7) is 0.910. The van der Waals surface area contributed by atoms with E-state index in [1.54, 1.807) is 12.1 Å². The minimum absolute atomic E-state index is 0.0459. The molecule has 0 amide bonds. The normalized spacial score (nSPS) is 21.2. The van der Waals surface area contributed by atoms with Crippen molar-refractivity contribution < 1.29 is 8.42 Å². The Bertz CT molecular complexity index is 560. The Balaban J connectivity index is 2.34. The third kappa shape index (κ3) is 2.95. The van der Waals surface area contributed by atoms with Gasteiger partial charge in [-0.1, -0.05) is 6.07 Å². The third-order valence-electron chi connectivity index (χ3n) is 3.56. The molecule has 0 aliphatic carbocycles. The molecule has 0 aromatic heterocycles. The Morgan fingerprint density at radius 1 is 1.47 bits per heavy atom. The summed E-state index contributed by atoms with van der Waals surface area (Å²) < 4.78 is 25.5. The van der Waals surface area contributed by atoms with Crippen LogP contribution in [0.1, 0.15) is 12.8 Å². The van der Waals surface area contributed by atoms with Gasteiger partial charge in [-0.15, -0.1) is 0 Å². The number of rotatable bonds is 4. The predicted molar refractivity (Wildman–Crippen MR) is 81.5 cm³/mol. The molecule has 0 bridgehead atoms. The van der Waals surface area contributed by atoms with Gasteiger partial charge in [-0.3, -0.25) is 0 Å². The Morgan fingerprint density at radius 3 is 2.89 bits per heavy atom. The third-order valence-corrected chi connectivity index (χ3v) is 6.02. The van der Waals surface area contributed by atoms with Crippen molar-refractivity contribution in [3.63, 3.8) is 0 Å². The van der Waals surface area contributed by atoms with Gasteiger partial charge in [0.25, 0.3) is 0 Å². The summed E-state index contributed by atoms with van der Waals surface area (Å²) in [4.78, 5) is 2.53. The fraction of sp³-hybridized carbons (Fsp3) is 0.538. The highest BCUT2D eigenvalue weighted by Crippen LogP contribution is 2.38. The molecule has 0 radical (unpaired) electrons. The molecule has 1 N–H and O–H groups in total. The highest BCUT2D eigenvalue weighted by atomic mass is 79.9. The zero-order chi connectivity index (χ0) is 14.0. The number of hydrogen-bond acceptors (Lipinski definition) is 4. The summed E-state index contributed by atoms with van der Waals surface area (Å²) in [5.41, 5.74) is 0.795. The number of hydrogen-bond donors (Lipinski definition) is 1. The quantitative estimate of drug-likeness (QED) is 0.847. The van der Waals surface area contributed by atoms with Crippen LogP contribution in [0.4, 0.5) is 5.69 Å². The molecule has 0 saturated carbocycles. The summed E-state index contributed by atoms with van der Waals surface area (Å²) in [7, 11) is 0.709. The fourth-order valence-electron chi connectivity index (χ4n) is 2.52. The first-order chi connectivity index (χ1) is 8.97. The summed E-state index contributed by atoms with van der Waals surface area (Å²) in [6.07, 6.45) is 1.85. The molecule has 0 saturated heterocycles. The van der Waals surface area contributed by atoms with E-state index in [1.165, 1.54) is 0 Å². The van der Waals surface area contributed by atoms with E-state index in [1.807, 2.05) is 20.2 Å². The molecule has 1 aliphatic heterocycles. The number of sulfone groups is 1. The summed E-state index contributed by atoms with van der Waals surface area (Å²) in [5, 5.41) is 3.10. The number of para-hydroxylation sites is 1. The van der Waals surface area contributed by atoms with Gasteiger partial charge in [0.05, 0.1) is 16.3 Å². The Kier molecular flexibility index (Phi) is 4.53. The maximum atomic E-state index is 12.4. The van der Waals surface area contributed by atoms with Crippen LogP contribution in [0.3, 0.4) is 0 Å². The molecule has 4 nitrogen and oxygen atoms in total. The molecule has 106 valence electrons. The lowest BCUT2D eigenvalue weighted by atomic mass is 10.1. The van der Waals surface area contributed by atoms with Gasteiger partial charge in [0.15, 0.2) is 9.84 Å². The van der Waals surface area contributed by atoms with Crippen molar-refractivity contribution in [3.8, 4) is 0 Å². The molecule has 1 aromatic carbocycles. The number of fused-ring (bicyclic) bond motifs is 1. The summed E-state index contributed by atoms with van der Waals surface area (Å²) in [6, 6.07) is 5.40. The molecule has 2 rings (SSSR count). The van der Waals surface area contributed by atoms with E-state index in [9.17, 15) is 8.42 Å². The Hall–Kier alpha value is -0.590. The van der Waals surface area contributed by atoms with E-state index in [0.717, 1.165) is 29.5 Å². The molecule has 1 aliphatic rings. The van der Waals surface area contributed by atoms with Crippen molar-refractivity contribution in [2.75, 3.05) is 31.3 Å². The number of nitrogens with one attached hydrogen (secondary N) is 1. The van der Waals surface area contributed by atoms with Crippen molar-refractivity contribution in [1.29, 1.82) is 0 Å². The maximum absolute atomic E-state index is 12.4. The van der Waals surface area contributed by atoms with Crippen LogP contribution in [0.15, 0.2) is 27.6 Å². The SMILES string of the molecule is CNCCCC1CS(=O)(=O)c2cccc(Br)c2N1C. The lowest BCUT2D eigenvalue weighted by molar-refractivity contribution is 0.540. The molecule has 1 unspecified atom stereocenters. The van der Waals surface area contributed by atoms with Crippen molar-refractivity contribution in [2.24, 2.45) is 0 Å². The lowest BCUT2D eigenvalue weighted by Gasteiger charge is -2.36. The molecule has 6 heteroatoms. The fourth-order valence-corrected chi connectivity index (χ4v) is 5.21. The van der Waals surface area contributed by atoms with E-state index < -0.39 is 9.84 Å². The number of anilines is 1. The number of nitrogens with zero attached hydrogens (tertiary/aromatic N) is 1. The van der Waals surface area contributed by atoms with Crippen LogP contribution in [0.5, 0.6) is 0 Å². The molecule has 1 aromatic rings. The van der Waals surface area contributed by atoms with Crippen molar-refractivity contribution in [2.45, 2.75) is 23.8 Å². The van der Waals surface area contributed by atoms with Crippen LogP contribution in [0, 0.1) is 0 Å². The highest BCUT2D eigenvalue weighted by molar-refractivity contribution is 9.10. The molecule has 1 heterocycles. The van der Waals surface area contributed by atoms with Gasteiger partial charge in [-0.25, -0.2) is 8.42 Å². The van der Waals surface area contributed by atoms with E-state index in [0.29, 0.717) is 4.90 Å². The van der Waals surface area contributed by atoms with E-state index in [-0.39, 0.29) is 11.8 Å². The van der Waals surface area contributed by atoms with Gasteiger partial charge < -0.3 is 10.2 Å². The zero-order valence-electron chi connectivity index (χ0n) is 11.2. The first-order valence-corrected chi connectivity index (χ1v) is 8.80. The van der Waals surface area contributed by atoms with Gasteiger partial charge in [0.1, 0.15) is 0 Å². The largest absolute Gasteiger partial charge is 0.369 e. The maximum Gasteiger partial charge on any atom is 0.182 e. The van der Waals surface area contributed by atoms with Gasteiger partial charge in [0, 0.05) is 17.6 Å². The topological polar surface area (TPSA) is 49.4 Å². The second-order valence-corrected chi connectivity index (χ2v) is 7.74. The average Bonchev–Trinajstić information content (AvgIpc) is 2.35. The Labute approximate surface area is 123 Å². The lowest BCUT2D eigenvalue weighted by Crippen LogP contribution is -2.42. The van der Waals surface area contributed by atoms with Gasteiger partial charge >= 0.3 is 0 Å². The molecule has 19 heavy (non-hydrogen) atoms. The zero-order valence-corrected chi connectivity index (χ0v) is 13.6. The standard InChI is InChI=1S/C13H19BrN2O2S/c1-15-8-4-5-10-9-19(17,18)12-7-3-6-11(14)13(12)16(10)2/h3,6-7,10,15H,4-5,8-9H2,1-2H3. The van der Waals surface area contributed by atoms with Crippen LogP contribution in [-0.4, -0.2) is 40.9 Å². The van der Waals surface area contributed by atoms with Crippen molar-refractivity contribution in [1.82, 2.24) is 5.32 Å². The molecular weight excluding hydrogens is 328 g/mol. The predicted octanol–water partition coefficient (Wildman–Crippen LogP) is 2.04. The van der Waals surface area contributed by atoms with Crippen LogP contribution in [-0.2, 0) is 9.84 Å². The number of benzene rings is 1. The smallest absolute Gasteiger partial charge is 0.182 e. The first kappa shape index (κ1) is 14.8. The van der Waals surface area contributed by atoms with Crippen LogP contribution in [0.2, 0.25) is 0 Å². The van der Waals surface area contributed by atoms with Crippen molar-refractivity contribution in [3.05, 3.63) is 22.7 Å².